The molecule has 0 aliphatic carbocycles. The van der Waals surface area contributed by atoms with E-state index in [1.165, 1.54) is 6.42 Å². The van der Waals surface area contributed by atoms with Gasteiger partial charge in [-0.05, 0) is 43.7 Å². The van der Waals surface area contributed by atoms with Crippen LogP contribution in [0.4, 0.5) is 0 Å². The van der Waals surface area contributed by atoms with Crippen LogP contribution in [0, 0.1) is 5.92 Å². The van der Waals surface area contributed by atoms with Crippen molar-refractivity contribution in [3.63, 3.8) is 0 Å². The number of likely N-dealkylation sites (tertiary alicyclic amines) is 1. The number of amides is 1. The van der Waals surface area contributed by atoms with E-state index in [2.05, 4.69) is 0 Å². The molecule has 2 rings (SSSR count). The number of ether oxygens (including phenoxy) is 1. The van der Waals surface area contributed by atoms with Crippen LogP contribution in [0.2, 0.25) is 0 Å². The molecule has 1 unspecified atom stereocenters. The number of carbonyl (C=O) groups excluding carboxylic acids is 1. The molecule has 5 nitrogen and oxygen atoms in total. The van der Waals surface area contributed by atoms with E-state index in [4.69, 9.17) is 14.3 Å². The van der Waals surface area contributed by atoms with Crippen LogP contribution in [0.15, 0.2) is 16.5 Å². The fourth-order valence-electron chi connectivity index (χ4n) is 2.74. The molecule has 1 aliphatic rings. The van der Waals surface area contributed by atoms with Gasteiger partial charge in [-0.3, -0.25) is 4.79 Å². The molecule has 0 radical (unpaired) electrons. The maximum atomic E-state index is 12.3. The minimum atomic E-state index is -0.174. The van der Waals surface area contributed by atoms with Crippen molar-refractivity contribution in [2.24, 2.45) is 5.92 Å². The van der Waals surface area contributed by atoms with Crippen molar-refractivity contribution in [1.29, 1.82) is 0 Å². The molecule has 1 amide bonds. The molecule has 1 atom stereocenters. The van der Waals surface area contributed by atoms with Crippen LogP contribution in [0.3, 0.4) is 0 Å². The predicted octanol–water partition coefficient (Wildman–Crippen LogP) is 2.05. The van der Waals surface area contributed by atoms with Crippen molar-refractivity contribution >= 4 is 5.91 Å². The van der Waals surface area contributed by atoms with E-state index in [1.54, 1.807) is 19.2 Å². The second kappa shape index (κ2) is 7.45. The van der Waals surface area contributed by atoms with Crippen molar-refractivity contribution in [2.75, 3.05) is 26.8 Å². The Balaban J connectivity index is 1.89. The second-order valence-corrected chi connectivity index (χ2v) is 5.32. The zero-order valence-corrected chi connectivity index (χ0v) is 12.0. The molecule has 5 heteroatoms. The Kier molecular flexibility index (Phi) is 5.61. The van der Waals surface area contributed by atoms with Crippen LogP contribution in [-0.4, -0.2) is 42.7 Å². The van der Waals surface area contributed by atoms with Crippen LogP contribution < -0.4 is 0 Å². The van der Waals surface area contributed by atoms with Gasteiger partial charge in [-0.25, -0.2) is 0 Å². The third-order valence-electron chi connectivity index (χ3n) is 3.80. The number of aliphatic hydroxyl groups excluding tert-OH is 1. The maximum absolute atomic E-state index is 12.3. The quantitative estimate of drug-likeness (QED) is 0.811. The SMILES string of the molecule is COCCCC1CCCN(C(=O)c2ccc(CO)o2)C1. The van der Waals surface area contributed by atoms with E-state index in [-0.39, 0.29) is 12.5 Å². The van der Waals surface area contributed by atoms with E-state index in [1.807, 2.05) is 4.90 Å². The smallest absolute Gasteiger partial charge is 0.289 e. The molecule has 0 aromatic carbocycles. The van der Waals surface area contributed by atoms with Gasteiger partial charge in [0.05, 0.1) is 0 Å². The number of carbonyl (C=O) groups is 1. The maximum Gasteiger partial charge on any atom is 0.289 e. The molecular weight excluding hydrogens is 258 g/mol. The Morgan fingerprint density at radius 2 is 2.40 bits per heavy atom. The van der Waals surface area contributed by atoms with Gasteiger partial charge in [0.25, 0.3) is 5.91 Å². The molecule has 0 spiro atoms. The van der Waals surface area contributed by atoms with Crippen molar-refractivity contribution in [1.82, 2.24) is 4.90 Å². The number of furan rings is 1. The summed E-state index contributed by atoms with van der Waals surface area (Å²) in [4.78, 5) is 14.2. The van der Waals surface area contributed by atoms with E-state index in [0.717, 1.165) is 39.0 Å². The molecule has 0 bridgehead atoms. The Morgan fingerprint density at radius 3 is 3.10 bits per heavy atom. The first-order valence-corrected chi connectivity index (χ1v) is 7.22. The Morgan fingerprint density at radius 1 is 1.55 bits per heavy atom. The normalized spacial score (nSPS) is 19.3. The molecule has 1 aromatic rings. The molecule has 1 saturated heterocycles. The highest BCUT2D eigenvalue weighted by Gasteiger charge is 2.25. The zero-order valence-electron chi connectivity index (χ0n) is 12.0. The number of rotatable bonds is 6. The highest BCUT2D eigenvalue weighted by atomic mass is 16.5. The monoisotopic (exact) mass is 281 g/mol. The molecule has 1 fully saturated rings. The van der Waals surface area contributed by atoms with Gasteiger partial charge in [0, 0.05) is 26.8 Å². The summed E-state index contributed by atoms with van der Waals surface area (Å²) in [6.07, 6.45) is 4.35. The first-order chi connectivity index (χ1) is 9.74. The minimum absolute atomic E-state index is 0.0684. The summed E-state index contributed by atoms with van der Waals surface area (Å²) in [6, 6.07) is 3.29. The van der Waals surface area contributed by atoms with E-state index in [0.29, 0.717) is 17.4 Å². The lowest BCUT2D eigenvalue weighted by atomic mass is 9.93. The summed E-state index contributed by atoms with van der Waals surface area (Å²) in [5.74, 6) is 1.24. The first kappa shape index (κ1) is 15.1. The van der Waals surface area contributed by atoms with Crippen molar-refractivity contribution < 1.29 is 19.1 Å². The molecular formula is C15H23NO4. The predicted molar refractivity (Wildman–Crippen MR) is 74.4 cm³/mol. The zero-order chi connectivity index (χ0) is 14.4. The molecule has 0 saturated carbocycles. The number of methoxy groups -OCH3 is 1. The van der Waals surface area contributed by atoms with Crippen molar-refractivity contribution in [2.45, 2.75) is 32.3 Å². The van der Waals surface area contributed by atoms with Crippen LogP contribution in [0.5, 0.6) is 0 Å². The third kappa shape index (κ3) is 3.84. The summed E-state index contributed by atoms with van der Waals surface area (Å²) in [5, 5.41) is 8.98. The standard InChI is InChI=1S/C15H23NO4/c1-19-9-3-5-12-4-2-8-16(10-12)15(18)14-7-6-13(11-17)20-14/h6-7,12,17H,2-5,8-11H2,1H3. The molecule has 1 N–H and O–H groups in total. The number of aliphatic hydroxyl groups is 1. The number of nitrogens with zero attached hydrogens (tertiary/aromatic N) is 1. The van der Waals surface area contributed by atoms with Gasteiger partial charge in [0.1, 0.15) is 12.4 Å². The summed E-state index contributed by atoms with van der Waals surface area (Å²) < 4.78 is 10.4. The van der Waals surface area contributed by atoms with E-state index < -0.39 is 0 Å². The van der Waals surface area contributed by atoms with Crippen molar-refractivity contribution in [3.05, 3.63) is 23.7 Å². The lowest BCUT2D eigenvalue weighted by Crippen LogP contribution is -2.39. The second-order valence-electron chi connectivity index (χ2n) is 5.32. The summed E-state index contributed by atoms with van der Waals surface area (Å²) in [6.45, 7) is 2.18. The number of hydrogen-bond acceptors (Lipinski definition) is 4. The number of hydrogen-bond donors (Lipinski definition) is 1. The molecule has 20 heavy (non-hydrogen) atoms. The summed E-state index contributed by atoms with van der Waals surface area (Å²) in [5.41, 5.74) is 0. The molecule has 112 valence electrons. The largest absolute Gasteiger partial charge is 0.453 e. The molecule has 1 aliphatic heterocycles. The lowest BCUT2D eigenvalue weighted by molar-refractivity contribution is 0.0624. The van der Waals surface area contributed by atoms with E-state index >= 15 is 0 Å². The topological polar surface area (TPSA) is 62.9 Å². The average molecular weight is 281 g/mol. The van der Waals surface area contributed by atoms with Crippen molar-refractivity contribution in [3.8, 4) is 0 Å². The van der Waals surface area contributed by atoms with Crippen LogP contribution in [0.25, 0.3) is 0 Å². The van der Waals surface area contributed by atoms with Gasteiger partial charge >= 0.3 is 0 Å². The fourth-order valence-corrected chi connectivity index (χ4v) is 2.74. The van der Waals surface area contributed by atoms with Gasteiger partial charge in [0.15, 0.2) is 5.76 Å². The van der Waals surface area contributed by atoms with E-state index in [9.17, 15) is 4.79 Å². The highest BCUT2D eigenvalue weighted by molar-refractivity contribution is 5.91. The Bertz CT molecular complexity index is 429. The first-order valence-electron chi connectivity index (χ1n) is 7.22. The van der Waals surface area contributed by atoms with Crippen LogP contribution in [0.1, 0.15) is 42.0 Å². The average Bonchev–Trinajstić information content (AvgIpc) is 2.96. The Hall–Kier alpha value is -1.33. The van der Waals surface area contributed by atoms with Gasteiger partial charge in [-0.1, -0.05) is 0 Å². The summed E-state index contributed by atoms with van der Waals surface area (Å²) >= 11 is 0. The summed E-state index contributed by atoms with van der Waals surface area (Å²) in [7, 11) is 1.71. The fraction of sp³-hybridized carbons (Fsp3) is 0.667. The van der Waals surface area contributed by atoms with Gasteiger partial charge in [-0.15, -0.1) is 0 Å². The highest BCUT2D eigenvalue weighted by Crippen LogP contribution is 2.23. The van der Waals surface area contributed by atoms with Gasteiger partial charge < -0.3 is 19.2 Å². The van der Waals surface area contributed by atoms with Crippen LogP contribution >= 0.6 is 0 Å². The van der Waals surface area contributed by atoms with Gasteiger partial charge in [0.2, 0.25) is 0 Å². The Labute approximate surface area is 119 Å². The molecule has 1 aromatic heterocycles. The third-order valence-corrected chi connectivity index (χ3v) is 3.80. The van der Waals surface area contributed by atoms with Crippen LogP contribution in [-0.2, 0) is 11.3 Å². The molecule has 2 heterocycles. The minimum Gasteiger partial charge on any atom is -0.453 e. The lowest BCUT2D eigenvalue weighted by Gasteiger charge is -2.32. The van der Waals surface area contributed by atoms with Gasteiger partial charge in [-0.2, -0.15) is 0 Å². The number of piperidine rings is 1.